The third kappa shape index (κ3) is 20.2. The molecule has 0 unspecified atom stereocenters. The molecule has 4 aromatic carbocycles. The molecule has 0 aromatic heterocycles. The Bertz CT molecular complexity index is 1900. The smallest absolute Gasteiger partial charge is 0.744 e. The Balaban J connectivity index is 0.000000413. The molecular formula is C52H78BaO6S2. The zero-order chi connectivity index (χ0) is 43.6. The van der Waals surface area contributed by atoms with E-state index in [1.165, 1.54) is 127 Å². The fourth-order valence-electron chi connectivity index (χ4n) is 8.72. The SMILES string of the molecule is CCCCCCCCc1cc(S(=O)(=O)[O-])c2ccccc2c1CCCCCCCC.CCCCCCCCc1cc(S(=O)(=O)[O-])c2ccccc2c1CCCCCCCC.[Ba+2]. The summed E-state index contributed by atoms with van der Waals surface area (Å²) < 4.78 is 71.8. The summed E-state index contributed by atoms with van der Waals surface area (Å²) in [6.07, 6.45) is 32.8. The molecule has 0 aliphatic rings. The summed E-state index contributed by atoms with van der Waals surface area (Å²) in [7, 11) is -8.99. The predicted molar refractivity (Wildman–Crippen MR) is 258 cm³/mol. The predicted octanol–water partition coefficient (Wildman–Crippen LogP) is 14.7. The molecule has 0 atom stereocenters. The summed E-state index contributed by atoms with van der Waals surface area (Å²) in [6, 6.07) is 18.4. The third-order valence-corrected chi connectivity index (χ3v) is 13.9. The number of hydrogen-bond donors (Lipinski definition) is 0. The number of hydrogen-bond acceptors (Lipinski definition) is 6. The summed E-state index contributed by atoms with van der Waals surface area (Å²) in [6.45, 7) is 8.89. The van der Waals surface area contributed by atoms with Crippen LogP contribution in [0.5, 0.6) is 0 Å². The van der Waals surface area contributed by atoms with Crippen molar-refractivity contribution in [1.29, 1.82) is 0 Å². The van der Waals surface area contributed by atoms with E-state index in [1.54, 1.807) is 24.3 Å². The van der Waals surface area contributed by atoms with Crippen molar-refractivity contribution in [3.8, 4) is 0 Å². The normalized spacial score (nSPS) is 11.8. The van der Waals surface area contributed by atoms with E-state index in [2.05, 4.69) is 27.7 Å². The Kier molecular flexibility index (Phi) is 29.0. The first kappa shape index (κ1) is 55.9. The van der Waals surface area contributed by atoms with Gasteiger partial charge in [-0.1, -0.05) is 205 Å². The van der Waals surface area contributed by atoms with E-state index in [-0.39, 0.29) is 58.7 Å². The van der Waals surface area contributed by atoms with Crippen LogP contribution in [0.2, 0.25) is 0 Å². The van der Waals surface area contributed by atoms with Crippen LogP contribution in [0.4, 0.5) is 0 Å². The Morgan fingerprint density at radius 3 is 0.885 bits per heavy atom. The van der Waals surface area contributed by atoms with Crippen LogP contribution in [-0.4, -0.2) is 74.8 Å². The third-order valence-electron chi connectivity index (χ3n) is 12.1. The van der Waals surface area contributed by atoms with Gasteiger partial charge < -0.3 is 9.11 Å². The Morgan fingerprint density at radius 2 is 0.607 bits per heavy atom. The molecule has 0 radical (unpaired) electrons. The van der Waals surface area contributed by atoms with Gasteiger partial charge in [-0.3, -0.25) is 0 Å². The molecule has 0 heterocycles. The van der Waals surface area contributed by atoms with Crippen molar-refractivity contribution in [2.24, 2.45) is 0 Å². The quantitative estimate of drug-likeness (QED) is 0.0292. The molecule has 0 aliphatic carbocycles. The van der Waals surface area contributed by atoms with Crippen LogP contribution in [0.25, 0.3) is 21.5 Å². The van der Waals surface area contributed by atoms with Crippen molar-refractivity contribution in [2.75, 3.05) is 0 Å². The summed E-state index contributed by atoms with van der Waals surface area (Å²) in [5.41, 5.74) is 4.63. The fourth-order valence-corrected chi connectivity index (χ4v) is 10.2. The first-order chi connectivity index (χ1) is 29.0. The van der Waals surface area contributed by atoms with Gasteiger partial charge in [0.25, 0.3) is 0 Å². The first-order valence-electron chi connectivity index (χ1n) is 24.0. The Morgan fingerprint density at radius 1 is 0.361 bits per heavy atom. The van der Waals surface area contributed by atoms with Gasteiger partial charge in [-0.2, -0.15) is 0 Å². The van der Waals surface area contributed by atoms with Crippen LogP contribution < -0.4 is 0 Å². The van der Waals surface area contributed by atoms with Gasteiger partial charge in [0.1, 0.15) is 20.2 Å². The van der Waals surface area contributed by atoms with E-state index in [4.69, 9.17) is 0 Å². The van der Waals surface area contributed by atoms with Crippen molar-refractivity contribution in [3.05, 3.63) is 82.9 Å². The topological polar surface area (TPSA) is 114 Å². The van der Waals surface area contributed by atoms with Gasteiger partial charge in [0.2, 0.25) is 0 Å². The number of rotatable bonds is 30. The van der Waals surface area contributed by atoms with Crippen molar-refractivity contribution < 1.29 is 25.9 Å². The van der Waals surface area contributed by atoms with Crippen LogP contribution in [0, 0.1) is 0 Å². The minimum Gasteiger partial charge on any atom is -0.744 e. The number of fused-ring (bicyclic) bond motifs is 2. The maximum absolute atomic E-state index is 12.0. The second kappa shape index (κ2) is 31.6. The number of unbranched alkanes of at least 4 members (excludes halogenated alkanes) is 20. The van der Waals surface area contributed by atoms with Crippen LogP contribution in [0.15, 0.2) is 70.5 Å². The number of aryl methyl sites for hydroxylation is 4. The minimum atomic E-state index is -4.50. The zero-order valence-electron chi connectivity index (χ0n) is 38.5. The average molecular weight is 1000 g/mol. The van der Waals surface area contributed by atoms with Crippen LogP contribution in [0.3, 0.4) is 0 Å². The standard InChI is InChI=1S/2C26H40O3S.Ba/c2*1-3-5-7-9-11-13-17-22-21-26(30(27,28)29)25-20-16-15-19-24(25)23(22)18-14-12-10-8-6-4-2;/h2*15-16,19-21H,3-14,17-18H2,1-2H3,(H,27,28,29);/q;;+2/p-2. The molecule has 0 fully saturated rings. The van der Waals surface area contributed by atoms with Crippen LogP contribution >= 0.6 is 0 Å². The molecule has 0 spiro atoms. The van der Waals surface area contributed by atoms with Crippen molar-refractivity contribution in [2.45, 2.75) is 217 Å². The van der Waals surface area contributed by atoms with E-state index >= 15 is 0 Å². The second-order valence-electron chi connectivity index (χ2n) is 17.1. The molecule has 0 bridgehead atoms. The van der Waals surface area contributed by atoms with E-state index < -0.39 is 20.2 Å². The van der Waals surface area contributed by atoms with Crippen LogP contribution in [-0.2, 0) is 45.9 Å². The fraction of sp³-hybridized carbons (Fsp3) is 0.615. The van der Waals surface area contributed by atoms with E-state index in [1.807, 2.05) is 36.4 Å². The molecule has 0 saturated heterocycles. The molecule has 61 heavy (non-hydrogen) atoms. The van der Waals surface area contributed by atoms with Gasteiger partial charge >= 0.3 is 48.9 Å². The molecule has 0 N–H and O–H groups in total. The van der Waals surface area contributed by atoms with Gasteiger partial charge in [0, 0.05) is 0 Å². The maximum atomic E-state index is 12.0. The summed E-state index contributed by atoms with van der Waals surface area (Å²) in [5.74, 6) is 0. The van der Waals surface area contributed by atoms with Gasteiger partial charge in [0.15, 0.2) is 0 Å². The average Bonchev–Trinajstić information content (AvgIpc) is 3.22. The Labute approximate surface area is 412 Å². The zero-order valence-corrected chi connectivity index (χ0v) is 44.6. The van der Waals surface area contributed by atoms with Crippen molar-refractivity contribution in [1.82, 2.24) is 0 Å². The molecular weight excluding hydrogens is 922 g/mol. The molecule has 0 saturated carbocycles. The van der Waals surface area contributed by atoms with Crippen molar-refractivity contribution in [3.63, 3.8) is 0 Å². The molecule has 4 rings (SSSR count). The summed E-state index contributed by atoms with van der Waals surface area (Å²) in [4.78, 5) is -0.100. The molecule has 0 amide bonds. The summed E-state index contributed by atoms with van der Waals surface area (Å²) in [5, 5.41) is 3.06. The molecule has 336 valence electrons. The molecule has 6 nitrogen and oxygen atoms in total. The van der Waals surface area contributed by atoms with E-state index in [0.717, 1.165) is 86.1 Å². The maximum Gasteiger partial charge on any atom is 2.00 e. The summed E-state index contributed by atoms with van der Waals surface area (Å²) >= 11 is 0. The number of benzene rings is 4. The molecule has 0 aliphatic heterocycles. The van der Waals surface area contributed by atoms with Gasteiger partial charge in [-0.25, -0.2) is 16.8 Å². The van der Waals surface area contributed by atoms with Gasteiger partial charge in [0.05, 0.1) is 9.79 Å². The Hall–Kier alpha value is -1.21. The first-order valence-corrected chi connectivity index (χ1v) is 26.8. The molecule has 9 heteroatoms. The van der Waals surface area contributed by atoms with E-state index in [9.17, 15) is 25.9 Å². The van der Waals surface area contributed by atoms with E-state index in [0.29, 0.717) is 10.8 Å². The van der Waals surface area contributed by atoms with Gasteiger partial charge in [-0.05, 0) is 107 Å². The largest absolute Gasteiger partial charge is 2.00 e. The minimum absolute atomic E-state index is 0. The second-order valence-corrected chi connectivity index (χ2v) is 19.8. The van der Waals surface area contributed by atoms with Crippen molar-refractivity contribution >= 4 is 90.7 Å². The molecule has 4 aromatic rings. The van der Waals surface area contributed by atoms with Crippen LogP contribution in [0.1, 0.15) is 204 Å². The van der Waals surface area contributed by atoms with Gasteiger partial charge in [-0.15, -0.1) is 0 Å². The monoisotopic (exact) mass is 1000 g/mol.